The fourth-order valence-electron chi connectivity index (χ4n) is 0. The van der Waals surface area contributed by atoms with Crippen LogP contribution in [0.3, 0.4) is 0 Å². The van der Waals surface area contributed by atoms with Gasteiger partial charge in [-0.3, -0.25) is 0 Å². The van der Waals surface area contributed by atoms with Gasteiger partial charge in [-0.1, -0.05) is 0 Å². The Bertz CT molecular complexity index is 35.9. The van der Waals surface area contributed by atoms with E-state index in [2.05, 4.69) is 0 Å². The van der Waals surface area contributed by atoms with Gasteiger partial charge in [-0.15, -0.1) is 0 Å². The SMILES string of the molecule is O=C(O)O.[H-].[HH].[Li+]. The van der Waals surface area contributed by atoms with Crippen LogP contribution in [-0.2, 0) is 0 Å². The van der Waals surface area contributed by atoms with Gasteiger partial charge in [0.2, 0.25) is 0 Å². The minimum absolute atomic E-state index is 0. The quantitative estimate of drug-likeness (QED) is 0.313. The molecule has 0 atom stereocenters. The van der Waals surface area contributed by atoms with Crippen molar-refractivity contribution >= 4 is 6.16 Å². The van der Waals surface area contributed by atoms with Gasteiger partial charge in [0.1, 0.15) is 0 Å². The van der Waals surface area contributed by atoms with E-state index in [1.165, 1.54) is 0 Å². The van der Waals surface area contributed by atoms with E-state index < -0.39 is 6.16 Å². The van der Waals surface area contributed by atoms with Gasteiger partial charge in [0.05, 0.1) is 0 Å². The third-order valence-corrected chi connectivity index (χ3v) is 0. The molecule has 28 valence electrons. The van der Waals surface area contributed by atoms with Crippen LogP contribution in [0.5, 0.6) is 0 Å². The number of hydrogen-bond donors (Lipinski definition) is 2. The Kier molecular flexibility index (Phi) is 6.85. The van der Waals surface area contributed by atoms with Crippen LogP contribution in [0.2, 0.25) is 0 Å². The molecular weight excluding hydrogens is 66.9 g/mol. The van der Waals surface area contributed by atoms with Crippen LogP contribution in [0.1, 0.15) is 2.85 Å². The van der Waals surface area contributed by atoms with Crippen molar-refractivity contribution in [2.75, 3.05) is 0 Å². The number of carbonyl (C=O) groups is 1. The van der Waals surface area contributed by atoms with Crippen LogP contribution >= 0.6 is 0 Å². The third-order valence-electron chi connectivity index (χ3n) is 0. The summed E-state index contributed by atoms with van der Waals surface area (Å²) in [5.41, 5.74) is 0. The molecule has 0 amide bonds. The van der Waals surface area contributed by atoms with E-state index in [0.29, 0.717) is 0 Å². The molecule has 0 aromatic heterocycles. The fourth-order valence-corrected chi connectivity index (χ4v) is 0. The zero-order chi connectivity index (χ0) is 3.58. The first kappa shape index (κ1) is 8.85. The van der Waals surface area contributed by atoms with Crippen LogP contribution in [0.4, 0.5) is 4.79 Å². The van der Waals surface area contributed by atoms with Crippen molar-refractivity contribution in [3.8, 4) is 0 Å². The molecule has 0 radical (unpaired) electrons. The van der Waals surface area contributed by atoms with Crippen molar-refractivity contribution in [3.05, 3.63) is 0 Å². The summed E-state index contributed by atoms with van der Waals surface area (Å²) in [4.78, 5) is 8.56. The Morgan fingerprint density at radius 1 is 1.80 bits per heavy atom. The molecule has 0 bridgehead atoms. The molecule has 0 aromatic rings. The smallest absolute Gasteiger partial charge is 1.00 e. The van der Waals surface area contributed by atoms with Crippen LogP contribution in [-0.4, -0.2) is 16.4 Å². The second kappa shape index (κ2) is 3.87. The Labute approximate surface area is 43.8 Å². The first-order valence-corrected chi connectivity index (χ1v) is 0.651. The van der Waals surface area contributed by atoms with Crippen molar-refractivity contribution < 1.29 is 36.7 Å². The molecule has 0 fully saturated rings. The maximum absolute atomic E-state index is 8.56. The van der Waals surface area contributed by atoms with Crippen molar-refractivity contribution in [1.29, 1.82) is 0 Å². The van der Waals surface area contributed by atoms with Gasteiger partial charge in [-0.25, -0.2) is 4.79 Å². The zero-order valence-corrected chi connectivity index (χ0v) is 2.80. The first-order chi connectivity index (χ1) is 1.73. The van der Waals surface area contributed by atoms with Crippen LogP contribution in [0.25, 0.3) is 0 Å². The van der Waals surface area contributed by atoms with Gasteiger partial charge in [-0.05, 0) is 0 Å². The van der Waals surface area contributed by atoms with Gasteiger partial charge in [0, 0.05) is 1.43 Å². The maximum Gasteiger partial charge on any atom is 1.00 e. The summed E-state index contributed by atoms with van der Waals surface area (Å²) >= 11 is 0. The van der Waals surface area contributed by atoms with Gasteiger partial charge < -0.3 is 11.6 Å². The van der Waals surface area contributed by atoms with Crippen molar-refractivity contribution in [2.45, 2.75) is 0 Å². The molecule has 0 spiro atoms. The molecule has 0 aliphatic rings. The molecule has 5 heavy (non-hydrogen) atoms. The van der Waals surface area contributed by atoms with E-state index in [0.717, 1.165) is 0 Å². The molecule has 0 aliphatic heterocycles. The van der Waals surface area contributed by atoms with Gasteiger partial charge in [0.25, 0.3) is 0 Å². The molecule has 0 heterocycles. The normalized spacial score (nSPS) is 4.80. The van der Waals surface area contributed by atoms with Crippen LogP contribution in [0.15, 0.2) is 0 Å². The van der Waals surface area contributed by atoms with E-state index in [1.54, 1.807) is 0 Å². The second-order valence-corrected chi connectivity index (χ2v) is 0.283. The second-order valence-electron chi connectivity index (χ2n) is 0.283. The summed E-state index contributed by atoms with van der Waals surface area (Å²) in [5.74, 6) is 0. The summed E-state index contributed by atoms with van der Waals surface area (Å²) in [6, 6.07) is 0. The molecule has 4 heteroatoms. The summed E-state index contributed by atoms with van der Waals surface area (Å²) in [6.07, 6.45) is -1.83. The Hall–Kier alpha value is -0.133. The zero-order valence-electron chi connectivity index (χ0n) is 3.80. The average molecular weight is 72.0 g/mol. The summed E-state index contributed by atoms with van der Waals surface area (Å²) in [7, 11) is 0. The number of hydrogen-bond acceptors (Lipinski definition) is 1. The predicted octanol–water partition coefficient (Wildman–Crippen LogP) is -2.42. The van der Waals surface area contributed by atoms with Crippen LogP contribution in [0, 0.1) is 0 Å². The van der Waals surface area contributed by atoms with E-state index in [9.17, 15) is 0 Å². The largest absolute Gasteiger partial charge is 1.00 e. The summed E-state index contributed by atoms with van der Waals surface area (Å²) < 4.78 is 0. The first-order valence-electron chi connectivity index (χ1n) is 0.651. The van der Waals surface area contributed by atoms with E-state index >= 15 is 0 Å². The molecule has 0 aromatic carbocycles. The number of carboxylic acid groups (broad SMARTS) is 2. The molecule has 0 rings (SSSR count). The molecule has 0 saturated carbocycles. The van der Waals surface area contributed by atoms with E-state index in [4.69, 9.17) is 15.0 Å². The van der Waals surface area contributed by atoms with Gasteiger partial charge >= 0.3 is 25.0 Å². The van der Waals surface area contributed by atoms with Crippen molar-refractivity contribution in [2.24, 2.45) is 0 Å². The Morgan fingerprint density at radius 2 is 1.80 bits per heavy atom. The molecule has 3 nitrogen and oxygen atoms in total. The Morgan fingerprint density at radius 3 is 1.80 bits per heavy atom. The molecular formula is CH5LiO3. The monoisotopic (exact) mass is 72.0 g/mol. The van der Waals surface area contributed by atoms with E-state index in [-0.39, 0.29) is 21.7 Å². The van der Waals surface area contributed by atoms with Gasteiger partial charge in [-0.2, -0.15) is 0 Å². The summed E-state index contributed by atoms with van der Waals surface area (Å²) in [6.45, 7) is 0. The molecule has 0 unspecified atom stereocenters. The average Bonchev–Trinajstić information content (AvgIpc) is 0.811. The standard InChI is InChI=1S/CH2O3.Li.H2.H/c2-1(3)4;;;/h(H2,2,3,4);;1H;/q;+1;;-1. The van der Waals surface area contributed by atoms with Crippen molar-refractivity contribution in [3.63, 3.8) is 0 Å². The minimum atomic E-state index is -1.83. The Balaban J connectivity index is -0.0000000150. The molecule has 2 N–H and O–H groups in total. The van der Waals surface area contributed by atoms with E-state index in [1.807, 2.05) is 0 Å². The third kappa shape index (κ3) is 767. The summed E-state index contributed by atoms with van der Waals surface area (Å²) in [5, 5.41) is 13.9. The maximum atomic E-state index is 8.56. The van der Waals surface area contributed by atoms with Gasteiger partial charge in [0.15, 0.2) is 0 Å². The topological polar surface area (TPSA) is 57.5 Å². The minimum Gasteiger partial charge on any atom is -1.00 e. The fraction of sp³-hybridized carbons (Fsp3) is 0. The van der Waals surface area contributed by atoms with Crippen molar-refractivity contribution in [1.82, 2.24) is 0 Å². The molecule has 0 aliphatic carbocycles. The predicted molar refractivity (Wildman–Crippen MR) is 13.9 cm³/mol. The number of rotatable bonds is 0. The van der Waals surface area contributed by atoms with Crippen LogP contribution < -0.4 is 18.9 Å². The molecule has 0 saturated heterocycles.